The highest BCUT2D eigenvalue weighted by Gasteiger charge is 2.14. The van der Waals surface area contributed by atoms with E-state index in [1.54, 1.807) is 14.0 Å². The van der Waals surface area contributed by atoms with Crippen molar-refractivity contribution in [2.75, 3.05) is 7.11 Å². The molecule has 0 spiro atoms. The van der Waals surface area contributed by atoms with E-state index in [0.717, 1.165) is 39.9 Å². The summed E-state index contributed by atoms with van der Waals surface area (Å²) >= 11 is 1.42. The zero-order valence-electron chi connectivity index (χ0n) is 12.5. The number of carbonyl (C=O) groups excluding carboxylic acids is 1. The molecular weight excluding hydrogens is 286 g/mol. The number of aryl methyl sites for hydroxylation is 1. The number of Topliss-reactive ketones (excluding diaryl/α,β-unsaturated/α-hetero) is 1. The molecule has 0 atom stereocenters. The van der Waals surface area contributed by atoms with E-state index in [-0.39, 0.29) is 5.78 Å². The van der Waals surface area contributed by atoms with Gasteiger partial charge in [0.15, 0.2) is 5.78 Å². The van der Waals surface area contributed by atoms with E-state index >= 15 is 0 Å². The van der Waals surface area contributed by atoms with Gasteiger partial charge in [-0.2, -0.15) is 0 Å². The molecule has 1 aromatic carbocycles. The lowest BCUT2D eigenvalue weighted by Gasteiger charge is -2.04. The van der Waals surface area contributed by atoms with Crippen LogP contribution in [0.1, 0.15) is 40.6 Å². The fraction of sp³-hybridized carbons (Fsp3) is 0.375. The fourth-order valence-electron chi connectivity index (χ4n) is 1.96. The summed E-state index contributed by atoms with van der Waals surface area (Å²) in [5.74, 6) is 1.62. The number of aromatic nitrogens is 1. The van der Waals surface area contributed by atoms with E-state index in [9.17, 15) is 4.79 Å². The van der Waals surface area contributed by atoms with Crippen LogP contribution in [0.5, 0.6) is 11.5 Å². The van der Waals surface area contributed by atoms with Crippen LogP contribution in [0, 0.1) is 0 Å². The average molecular weight is 305 g/mol. The molecule has 21 heavy (non-hydrogen) atoms. The molecule has 0 aliphatic heterocycles. The molecular formula is C16H19NO3S. The number of benzene rings is 1. The van der Waals surface area contributed by atoms with Gasteiger partial charge in [-0.05, 0) is 30.7 Å². The highest BCUT2D eigenvalue weighted by molar-refractivity contribution is 7.13. The third-order valence-corrected chi connectivity index (χ3v) is 4.14. The molecule has 0 radical (unpaired) electrons. The van der Waals surface area contributed by atoms with Gasteiger partial charge in [-0.3, -0.25) is 4.79 Å². The SMILES string of the molecule is CCCc1nc(COc2ccc(OC)cc2)sc1C(C)=O. The Morgan fingerprint density at radius 2 is 1.90 bits per heavy atom. The molecule has 112 valence electrons. The van der Waals surface area contributed by atoms with Gasteiger partial charge in [-0.15, -0.1) is 11.3 Å². The highest BCUT2D eigenvalue weighted by atomic mass is 32.1. The lowest BCUT2D eigenvalue weighted by Crippen LogP contribution is -1.97. The van der Waals surface area contributed by atoms with E-state index in [1.165, 1.54) is 11.3 Å². The van der Waals surface area contributed by atoms with Crippen molar-refractivity contribution in [2.24, 2.45) is 0 Å². The second-order valence-corrected chi connectivity index (χ2v) is 5.74. The maximum atomic E-state index is 11.6. The molecule has 0 saturated carbocycles. The number of methoxy groups -OCH3 is 1. The van der Waals surface area contributed by atoms with Crippen LogP contribution in [0.2, 0.25) is 0 Å². The quantitative estimate of drug-likeness (QED) is 0.728. The van der Waals surface area contributed by atoms with Gasteiger partial charge in [-0.25, -0.2) is 4.98 Å². The lowest BCUT2D eigenvalue weighted by molar-refractivity contribution is 0.102. The standard InChI is InChI=1S/C16H19NO3S/c1-4-5-14-16(11(2)18)21-15(17-14)10-20-13-8-6-12(19-3)7-9-13/h6-9H,4-5,10H2,1-3H3. The predicted octanol–water partition coefficient (Wildman–Crippen LogP) is 3.89. The predicted molar refractivity (Wildman–Crippen MR) is 83.4 cm³/mol. The summed E-state index contributed by atoms with van der Waals surface area (Å²) in [6.07, 6.45) is 1.80. The van der Waals surface area contributed by atoms with Crippen molar-refractivity contribution in [2.45, 2.75) is 33.3 Å². The van der Waals surface area contributed by atoms with Gasteiger partial charge in [0.05, 0.1) is 17.7 Å². The summed E-state index contributed by atoms with van der Waals surface area (Å²) in [5, 5.41) is 0.833. The van der Waals surface area contributed by atoms with Gasteiger partial charge in [0, 0.05) is 6.92 Å². The summed E-state index contributed by atoms with van der Waals surface area (Å²) in [4.78, 5) is 16.9. The van der Waals surface area contributed by atoms with Crippen molar-refractivity contribution >= 4 is 17.1 Å². The molecule has 1 heterocycles. The summed E-state index contributed by atoms with van der Waals surface area (Å²) < 4.78 is 10.8. The normalized spacial score (nSPS) is 10.4. The number of ketones is 1. The number of thiazole rings is 1. The Morgan fingerprint density at radius 3 is 2.48 bits per heavy atom. The first-order valence-electron chi connectivity index (χ1n) is 6.90. The van der Waals surface area contributed by atoms with Crippen LogP contribution in [0.4, 0.5) is 0 Å². The van der Waals surface area contributed by atoms with Gasteiger partial charge in [0.25, 0.3) is 0 Å². The largest absolute Gasteiger partial charge is 0.497 e. The molecule has 0 bridgehead atoms. The van der Waals surface area contributed by atoms with Crippen LogP contribution < -0.4 is 9.47 Å². The van der Waals surface area contributed by atoms with Crippen molar-refractivity contribution in [3.8, 4) is 11.5 Å². The summed E-state index contributed by atoms with van der Waals surface area (Å²) in [7, 11) is 1.63. The number of hydrogen-bond acceptors (Lipinski definition) is 5. The Labute approximate surface area is 128 Å². The molecule has 0 saturated heterocycles. The summed E-state index contributed by atoms with van der Waals surface area (Å²) in [6.45, 7) is 4.04. The molecule has 2 rings (SSSR count). The van der Waals surface area contributed by atoms with Gasteiger partial charge < -0.3 is 9.47 Å². The molecule has 4 nitrogen and oxygen atoms in total. The van der Waals surface area contributed by atoms with Gasteiger partial charge in [0.1, 0.15) is 23.1 Å². The minimum atomic E-state index is 0.0756. The molecule has 0 N–H and O–H groups in total. The van der Waals surface area contributed by atoms with Crippen molar-refractivity contribution in [1.29, 1.82) is 0 Å². The van der Waals surface area contributed by atoms with Crippen LogP contribution in [0.3, 0.4) is 0 Å². The molecule has 0 aliphatic rings. The Morgan fingerprint density at radius 1 is 1.24 bits per heavy atom. The number of nitrogens with zero attached hydrogens (tertiary/aromatic N) is 1. The summed E-state index contributed by atoms with van der Waals surface area (Å²) in [5.41, 5.74) is 0.892. The monoisotopic (exact) mass is 305 g/mol. The molecule has 0 amide bonds. The van der Waals surface area contributed by atoms with Crippen LogP contribution in [0.25, 0.3) is 0 Å². The minimum Gasteiger partial charge on any atom is -0.497 e. The van der Waals surface area contributed by atoms with Crippen LogP contribution in [-0.2, 0) is 13.0 Å². The van der Waals surface area contributed by atoms with Crippen molar-refractivity contribution in [3.05, 3.63) is 39.8 Å². The van der Waals surface area contributed by atoms with Crippen LogP contribution >= 0.6 is 11.3 Å². The Balaban J connectivity index is 2.05. The van der Waals surface area contributed by atoms with Crippen molar-refractivity contribution in [1.82, 2.24) is 4.98 Å². The molecule has 0 aliphatic carbocycles. The van der Waals surface area contributed by atoms with Crippen molar-refractivity contribution < 1.29 is 14.3 Å². The van der Waals surface area contributed by atoms with Crippen molar-refractivity contribution in [3.63, 3.8) is 0 Å². The maximum absolute atomic E-state index is 11.6. The maximum Gasteiger partial charge on any atom is 0.171 e. The highest BCUT2D eigenvalue weighted by Crippen LogP contribution is 2.23. The number of hydrogen-bond donors (Lipinski definition) is 0. The lowest BCUT2D eigenvalue weighted by atomic mass is 10.2. The molecule has 1 aromatic heterocycles. The smallest absolute Gasteiger partial charge is 0.171 e. The molecule has 0 fully saturated rings. The minimum absolute atomic E-state index is 0.0756. The Hall–Kier alpha value is -1.88. The van der Waals surface area contributed by atoms with Gasteiger partial charge in [0.2, 0.25) is 0 Å². The number of carbonyl (C=O) groups is 1. The van der Waals surface area contributed by atoms with E-state index in [0.29, 0.717) is 6.61 Å². The topological polar surface area (TPSA) is 48.4 Å². The van der Waals surface area contributed by atoms with E-state index in [1.807, 2.05) is 24.3 Å². The summed E-state index contributed by atoms with van der Waals surface area (Å²) in [6, 6.07) is 7.40. The second-order valence-electron chi connectivity index (χ2n) is 4.65. The van der Waals surface area contributed by atoms with E-state index in [2.05, 4.69) is 11.9 Å². The average Bonchev–Trinajstić information content (AvgIpc) is 2.89. The van der Waals surface area contributed by atoms with E-state index in [4.69, 9.17) is 9.47 Å². The first-order chi connectivity index (χ1) is 10.1. The fourth-order valence-corrected chi connectivity index (χ4v) is 2.88. The second kappa shape index (κ2) is 7.22. The Kier molecular flexibility index (Phi) is 5.33. The van der Waals surface area contributed by atoms with Crippen LogP contribution in [0.15, 0.2) is 24.3 Å². The molecule has 0 unspecified atom stereocenters. The van der Waals surface area contributed by atoms with Gasteiger partial charge in [-0.1, -0.05) is 13.3 Å². The van der Waals surface area contributed by atoms with Gasteiger partial charge >= 0.3 is 0 Å². The molecule has 5 heteroatoms. The molecule has 2 aromatic rings. The number of ether oxygens (including phenoxy) is 2. The third kappa shape index (κ3) is 4.04. The van der Waals surface area contributed by atoms with Crippen LogP contribution in [-0.4, -0.2) is 17.9 Å². The zero-order valence-corrected chi connectivity index (χ0v) is 13.3. The zero-order chi connectivity index (χ0) is 15.2. The Bertz CT molecular complexity index is 604. The first-order valence-corrected chi connectivity index (χ1v) is 7.72. The number of rotatable bonds is 7. The third-order valence-electron chi connectivity index (χ3n) is 2.97. The van der Waals surface area contributed by atoms with E-state index < -0.39 is 0 Å². The first kappa shape index (κ1) is 15.5.